The largest absolute Gasteiger partial charge is 0.455 e. The summed E-state index contributed by atoms with van der Waals surface area (Å²) in [5, 5.41) is 1.87. The summed E-state index contributed by atoms with van der Waals surface area (Å²) in [6.07, 6.45) is 5.76. The molecule has 0 radical (unpaired) electrons. The van der Waals surface area contributed by atoms with Crippen LogP contribution in [0.25, 0.3) is 0 Å². The average molecular weight is 407 g/mol. The molecule has 1 aliphatic carbocycles. The highest BCUT2D eigenvalue weighted by Crippen LogP contribution is 2.26. The molecule has 3 rings (SSSR count). The number of hydrogen-bond acceptors (Lipinski definition) is 5. The van der Waals surface area contributed by atoms with E-state index in [1.807, 2.05) is 11.4 Å². The van der Waals surface area contributed by atoms with E-state index < -0.39 is 0 Å². The minimum absolute atomic E-state index is 0.0326. The van der Waals surface area contributed by atoms with Gasteiger partial charge in [-0.15, -0.1) is 11.3 Å². The average Bonchev–Trinajstić information content (AvgIpc) is 3.26. The molecule has 0 N–H and O–H groups in total. The zero-order valence-corrected chi connectivity index (χ0v) is 17.6. The van der Waals surface area contributed by atoms with E-state index in [0.29, 0.717) is 24.4 Å². The minimum Gasteiger partial charge on any atom is -0.455 e. The van der Waals surface area contributed by atoms with E-state index in [4.69, 9.17) is 4.74 Å². The monoisotopic (exact) mass is 406 g/mol. The van der Waals surface area contributed by atoms with E-state index >= 15 is 0 Å². The van der Waals surface area contributed by atoms with E-state index in [1.54, 1.807) is 22.9 Å². The Bertz CT molecular complexity index is 683. The van der Waals surface area contributed by atoms with E-state index in [2.05, 4.69) is 6.92 Å². The van der Waals surface area contributed by atoms with Crippen molar-refractivity contribution in [2.45, 2.75) is 51.5 Å². The lowest BCUT2D eigenvalue weighted by Crippen LogP contribution is -2.44. The maximum Gasteiger partial charge on any atom is 0.311 e. The number of piperidine rings is 1. The number of carbonyl (C=O) groups excluding carboxylic acids is 3. The Kier molecular flexibility index (Phi) is 7.10. The van der Waals surface area contributed by atoms with Crippen LogP contribution in [-0.2, 0) is 14.3 Å². The molecule has 1 aliphatic heterocycles. The van der Waals surface area contributed by atoms with Gasteiger partial charge in [-0.3, -0.25) is 14.4 Å². The number of likely N-dealkylation sites (tertiary alicyclic amines) is 1. The molecule has 1 saturated heterocycles. The van der Waals surface area contributed by atoms with Gasteiger partial charge in [0.2, 0.25) is 0 Å². The van der Waals surface area contributed by atoms with E-state index in [0.717, 1.165) is 38.0 Å². The molecular weight excluding hydrogens is 376 g/mol. The first-order chi connectivity index (χ1) is 13.5. The lowest BCUT2D eigenvalue weighted by atomic mass is 9.87. The summed E-state index contributed by atoms with van der Waals surface area (Å²) in [6, 6.07) is 3.90. The van der Waals surface area contributed by atoms with Crippen molar-refractivity contribution < 1.29 is 19.1 Å². The SMILES string of the molecule is CC1CCC(N(C)C(=O)COC(=O)C2CCCN(C(=O)c3cccs3)C2)CC1. The molecule has 1 saturated carbocycles. The molecule has 2 fully saturated rings. The van der Waals surface area contributed by atoms with Crippen LogP contribution in [-0.4, -0.2) is 60.4 Å². The Hall–Kier alpha value is -1.89. The zero-order chi connectivity index (χ0) is 20.1. The second-order valence-electron chi connectivity index (χ2n) is 8.09. The molecule has 2 aliphatic rings. The number of esters is 1. The van der Waals surface area contributed by atoms with Crippen molar-refractivity contribution in [1.82, 2.24) is 9.80 Å². The summed E-state index contributed by atoms with van der Waals surface area (Å²) in [7, 11) is 1.80. The molecule has 154 valence electrons. The smallest absolute Gasteiger partial charge is 0.311 e. The number of amides is 2. The van der Waals surface area contributed by atoms with Crippen LogP contribution in [0.5, 0.6) is 0 Å². The summed E-state index contributed by atoms with van der Waals surface area (Å²) >= 11 is 1.41. The Morgan fingerprint density at radius 3 is 2.64 bits per heavy atom. The van der Waals surface area contributed by atoms with Gasteiger partial charge in [-0.1, -0.05) is 13.0 Å². The van der Waals surface area contributed by atoms with Gasteiger partial charge in [-0.05, 0) is 55.9 Å². The summed E-state index contributed by atoms with van der Waals surface area (Å²) in [5.41, 5.74) is 0. The van der Waals surface area contributed by atoms with Gasteiger partial charge in [0.1, 0.15) is 0 Å². The van der Waals surface area contributed by atoms with E-state index in [9.17, 15) is 14.4 Å². The number of nitrogens with zero attached hydrogens (tertiary/aromatic N) is 2. The molecule has 1 unspecified atom stereocenters. The minimum atomic E-state index is -0.373. The quantitative estimate of drug-likeness (QED) is 0.705. The Morgan fingerprint density at radius 2 is 1.96 bits per heavy atom. The fraction of sp³-hybridized carbons (Fsp3) is 0.667. The van der Waals surface area contributed by atoms with Gasteiger partial charge in [0.05, 0.1) is 10.8 Å². The van der Waals surface area contributed by atoms with Crippen molar-refractivity contribution in [3.05, 3.63) is 22.4 Å². The van der Waals surface area contributed by atoms with Crippen LogP contribution in [0.3, 0.4) is 0 Å². The maximum absolute atomic E-state index is 12.5. The molecule has 2 heterocycles. The van der Waals surface area contributed by atoms with Crippen LogP contribution in [0.4, 0.5) is 0 Å². The molecule has 28 heavy (non-hydrogen) atoms. The highest BCUT2D eigenvalue weighted by molar-refractivity contribution is 7.12. The lowest BCUT2D eigenvalue weighted by Gasteiger charge is -2.34. The van der Waals surface area contributed by atoms with Crippen molar-refractivity contribution in [1.29, 1.82) is 0 Å². The first-order valence-electron chi connectivity index (χ1n) is 10.2. The molecule has 0 bridgehead atoms. The fourth-order valence-corrected chi connectivity index (χ4v) is 4.79. The molecular formula is C21H30N2O4S. The van der Waals surface area contributed by atoms with Gasteiger partial charge in [0.25, 0.3) is 11.8 Å². The van der Waals surface area contributed by atoms with Crippen molar-refractivity contribution in [2.24, 2.45) is 11.8 Å². The third-order valence-corrected chi connectivity index (χ3v) is 6.90. The number of rotatable bonds is 5. The number of thiophene rings is 1. The van der Waals surface area contributed by atoms with Crippen LogP contribution in [0.2, 0.25) is 0 Å². The summed E-state index contributed by atoms with van der Waals surface area (Å²) < 4.78 is 5.33. The van der Waals surface area contributed by atoms with Crippen LogP contribution in [0.15, 0.2) is 17.5 Å². The van der Waals surface area contributed by atoms with Gasteiger partial charge in [-0.25, -0.2) is 0 Å². The van der Waals surface area contributed by atoms with Gasteiger partial charge in [0, 0.05) is 26.2 Å². The first-order valence-corrected chi connectivity index (χ1v) is 11.1. The summed E-state index contributed by atoms with van der Waals surface area (Å²) in [5.74, 6) is -0.178. The van der Waals surface area contributed by atoms with Crippen LogP contribution < -0.4 is 0 Å². The number of ether oxygens (including phenoxy) is 1. The van der Waals surface area contributed by atoms with Gasteiger partial charge in [0.15, 0.2) is 6.61 Å². The molecule has 1 aromatic heterocycles. The molecule has 0 aromatic carbocycles. The standard InChI is InChI=1S/C21H30N2O4S/c1-15-7-9-17(10-8-15)22(2)19(24)14-27-21(26)16-5-3-11-23(13-16)20(25)18-6-4-12-28-18/h4,6,12,15-17H,3,5,7-11,13-14H2,1-2H3. The summed E-state index contributed by atoms with van der Waals surface area (Å²) in [4.78, 5) is 41.6. The van der Waals surface area contributed by atoms with Crippen molar-refractivity contribution >= 4 is 29.1 Å². The van der Waals surface area contributed by atoms with E-state index in [-0.39, 0.29) is 36.4 Å². The van der Waals surface area contributed by atoms with Crippen LogP contribution >= 0.6 is 11.3 Å². The molecule has 6 nitrogen and oxygen atoms in total. The van der Waals surface area contributed by atoms with Crippen molar-refractivity contribution in [3.8, 4) is 0 Å². The first kappa shape index (κ1) is 20.8. The highest BCUT2D eigenvalue weighted by atomic mass is 32.1. The number of likely N-dealkylation sites (N-methyl/N-ethyl adjacent to an activating group) is 1. The van der Waals surface area contributed by atoms with E-state index in [1.165, 1.54) is 11.3 Å². The number of hydrogen-bond donors (Lipinski definition) is 0. The third-order valence-electron chi connectivity index (χ3n) is 6.04. The maximum atomic E-state index is 12.5. The normalized spacial score (nSPS) is 25.2. The molecule has 1 atom stereocenters. The molecule has 2 amide bonds. The topological polar surface area (TPSA) is 66.9 Å². The van der Waals surface area contributed by atoms with Crippen LogP contribution in [0.1, 0.15) is 55.1 Å². The molecule has 1 aromatic rings. The Morgan fingerprint density at radius 1 is 1.21 bits per heavy atom. The number of carbonyl (C=O) groups is 3. The Balaban J connectivity index is 1.46. The zero-order valence-electron chi connectivity index (χ0n) is 16.8. The molecule has 0 spiro atoms. The second-order valence-corrected chi connectivity index (χ2v) is 9.04. The third kappa shape index (κ3) is 5.13. The predicted molar refractivity (Wildman–Crippen MR) is 108 cm³/mol. The van der Waals surface area contributed by atoms with Gasteiger partial charge >= 0.3 is 5.97 Å². The molecule has 7 heteroatoms. The van der Waals surface area contributed by atoms with Crippen molar-refractivity contribution in [2.75, 3.05) is 26.7 Å². The Labute approximate surface area is 170 Å². The van der Waals surface area contributed by atoms with Crippen molar-refractivity contribution in [3.63, 3.8) is 0 Å². The highest BCUT2D eigenvalue weighted by Gasteiger charge is 2.31. The second kappa shape index (κ2) is 9.54. The van der Waals surface area contributed by atoms with Gasteiger partial charge < -0.3 is 14.5 Å². The summed E-state index contributed by atoms with van der Waals surface area (Å²) in [6.45, 7) is 3.05. The van der Waals surface area contributed by atoms with Crippen LogP contribution in [0, 0.1) is 11.8 Å². The fourth-order valence-electron chi connectivity index (χ4n) is 4.10. The van der Waals surface area contributed by atoms with Gasteiger partial charge in [-0.2, -0.15) is 0 Å². The lowest BCUT2D eigenvalue weighted by molar-refractivity contribution is -0.157. The predicted octanol–water partition coefficient (Wildman–Crippen LogP) is 3.18.